The maximum Gasteiger partial charge on any atom is 0.213 e. The fourth-order valence-corrected chi connectivity index (χ4v) is 2.34. The van der Waals surface area contributed by atoms with Gasteiger partial charge in [-0.05, 0) is 5.56 Å². The highest BCUT2D eigenvalue weighted by molar-refractivity contribution is 5.85. The standard InChI is InChI=1S/C12H13N3O.ClH/c1-2-4-9(5-3-1)10-6-13-7-11(10)12-14-8-16-15-12;/h1-5,8,10-11,13H,6-7H2;1H. The van der Waals surface area contributed by atoms with Crippen LogP contribution in [0.3, 0.4) is 0 Å². The number of halogens is 1. The Kier molecular flexibility index (Phi) is 3.76. The van der Waals surface area contributed by atoms with E-state index in [1.54, 1.807) is 0 Å². The summed E-state index contributed by atoms with van der Waals surface area (Å²) in [5.41, 5.74) is 1.34. The second-order valence-corrected chi connectivity index (χ2v) is 4.07. The van der Waals surface area contributed by atoms with Gasteiger partial charge >= 0.3 is 0 Å². The van der Waals surface area contributed by atoms with Crippen molar-refractivity contribution < 1.29 is 4.52 Å². The van der Waals surface area contributed by atoms with Crippen molar-refractivity contribution in [2.45, 2.75) is 11.8 Å². The lowest BCUT2D eigenvalue weighted by molar-refractivity contribution is 0.403. The summed E-state index contributed by atoms with van der Waals surface area (Å²) in [4.78, 5) is 4.16. The molecule has 2 atom stereocenters. The molecule has 5 heteroatoms. The molecule has 90 valence electrons. The molecule has 3 rings (SSSR count). The molecule has 2 aromatic rings. The van der Waals surface area contributed by atoms with Crippen molar-refractivity contribution in [2.24, 2.45) is 0 Å². The quantitative estimate of drug-likeness (QED) is 0.887. The molecule has 2 heterocycles. The molecule has 2 unspecified atom stereocenters. The zero-order chi connectivity index (χ0) is 10.8. The highest BCUT2D eigenvalue weighted by atomic mass is 35.5. The Hall–Kier alpha value is -1.39. The van der Waals surface area contributed by atoms with E-state index in [1.165, 1.54) is 12.0 Å². The summed E-state index contributed by atoms with van der Waals surface area (Å²) >= 11 is 0. The van der Waals surface area contributed by atoms with Crippen molar-refractivity contribution in [2.75, 3.05) is 13.1 Å². The van der Waals surface area contributed by atoms with Crippen molar-refractivity contribution in [1.82, 2.24) is 15.5 Å². The van der Waals surface area contributed by atoms with Crippen molar-refractivity contribution in [1.29, 1.82) is 0 Å². The molecule has 1 aromatic heterocycles. The van der Waals surface area contributed by atoms with E-state index >= 15 is 0 Å². The van der Waals surface area contributed by atoms with Gasteiger partial charge in [-0.3, -0.25) is 0 Å². The Balaban J connectivity index is 0.00000108. The van der Waals surface area contributed by atoms with Crippen LogP contribution in [0.15, 0.2) is 41.2 Å². The van der Waals surface area contributed by atoms with Gasteiger partial charge in [0.25, 0.3) is 0 Å². The van der Waals surface area contributed by atoms with Crippen LogP contribution in [0.25, 0.3) is 0 Å². The Labute approximate surface area is 106 Å². The molecule has 0 radical (unpaired) electrons. The molecule has 0 bridgehead atoms. The summed E-state index contributed by atoms with van der Waals surface area (Å²) in [6.07, 6.45) is 1.40. The van der Waals surface area contributed by atoms with Gasteiger partial charge in [0.2, 0.25) is 6.39 Å². The Morgan fingerprint density at radius 2 is 1.88 bits per heavy atom. The zero-order valence-electron chi connectivity index (χ0n) is 9.24. The number of nitrogens with zero attached hydrogens (tertiary/aromatic N) is 2. The van der Waals surface area contributed by atoms with Crippen LogP contribution in [0, 0.1) is 0 Å². The minimum absolute atomic E-state index is 0. The van der Waals surface area contributed by atoms with Gasteiger partial charge in [-0.1, -0.05) is 35.5 Å². The first-order chi connectivity index (χ1) is 7.95. The number of benzene rings is 1. The zero-order valence-corrected chi connectivity index (χ0v) is 10.1. The smallest absolute Gasteiger partial charge is 0.213 e. The molecule has 0 aliphatic carbocycles. The van der Waals surface area contributed by atoms with Crippen LogP contribution in [0.5, 0.6) is 0 Å². The van der Waals surface area contributed by atoms with Crippen molar-refractivity contribution in [3.8, 4) is 0 Å². The lowest BCUT2D eigenvalue weighted by Crippen LogP contribution is -2.10. The summed E-state index contributed by atoms with van der Waals surface area (Å²) < 4.78 is 4.82. The molecule has 1 aliphatic rings. The summed E-state index contributed by atoms with van der Waals surface area (Å²) in [6.45, 7) is 1.89. The van der Waals surface area contributed by atoms with E-state index in [9.17, 15) is 0 Å². The molecule has 0 saturated carbocycles. The number of hydrogen-bond donors (Lipinski definition) is 1. The lowest BCUT2D eigenvalue weighted by Gasteiger charge is -2.15. The summed E-state index contributed by atoms with van der Waals surface area (Å²) in [5.74, 6) is 1.57. The van der Waals surface area contributed by atoms with Crippen LogP contribution >= 0.6 is 12.4 Å². The highest BCUT2D eigenvalue weighted by Crippen LogP contribution is 2.33. The Bertz CT molecular complexity index is 446. The van der Waals surface area contributed by atoms with Crippen LogP contribution in [0.4, 0.5) is 0 Å². The van der Waals surface area contributed by atoms with Gasteiger partial charge < -0.3 is 9.84 Å². The van der Waals surface area contributed by atoms with Crippen molar-refractivity contribution in [3.05, 3.63) is 48.1 Å². The molecular formula is C12H14ClN3O. The van der Waals surface area contributed by atoms with Crippen LogP contribution in [-0.4, -0.2) is 23.2 Å². The molecule has 4 nitrogen and oxygen atoms in total. The Morgan fingerprint density at radius 3 is 2.59 bits per heavy atom. The van der Waals surface area contributed by atoms with E-state index in [2.05, 4.69) is 39.7 Å². The van der Waals surface area contributed by atoms with E-state index in [-0.39, 0.29) is 12.4 Å². The van der Waals surface area contributed by atoms with E-state index in [1.807, 2.05) is 6.07 Å². The summed E-state index contributed by atoms with van der Waals surface area (Å²) in [7, 11) is 0. The number of rotatable bonds is 2. The first-order valence-corrected chi connectivity index (χ1v) is 5.47. The molecule has 1 N–H and O–H groups in total. The average molecular weight is 252 g/mol. The summed E-state index contributed by atoms with van der Waals surface area (Å²) in [5, 5.41) is 7.34. The molecule has 1 aromatic carbocycles. The maximum atomic E-state index is 4.82. The normalized spacial score (nSPS) is 23.3. The minimum Gasteiger partial charge on any atom is -0.343 e. The largest absolute Gasteiger partial charge is 0.343 e. The van der Waals surface area contributed by atoms with Gasteiger partial charge in [-0.2, -0.15) is 4.98 Å². The van der Waals surface area contributed by atoms with Crippen LogP contribution in [0.2, 0.25) is 0 Å². The predicted octanol–water partition coefficient (Wildman–Crippen LogP) is 1.96. The topological polar surface area (TPSA) is 51.0 Å². The molecule has 0 spiro atoms. The third-order valence-electron chi connectivity index (χ3n) is 3.15. The second kappa shape index (κ2) is 5.29. The van der Waals surface area contributed by atoms with E-state index in [0.717, 1.165) is 18.9 Å². The van der Waals surface area contributed by atoms with E-state index < -0.39 is 0 Å². The van der Waals surface area contributed by atoms with Crippen molar-refractivity contribution in [3.63, 3.8) is 0 Å². The third-order valence-corrected chi connectivity index (χ3v) is 3.15. The number of aromatic nitrogens is 2. The lowest BCUT2D eigenvalue weighted by atomic mass is 9.88. The van der Waals surface area contributed by atoms with Crippen LogP contribution < -0.4 is 5.32 Å². The average Bonchev–Trinajstić information content (AvgIpc) is 3.01. The number of nitrogens with one attached hydrogen (secondary N) is 1. The monoisotopic (exact) mass is 251 g/mol. The van der Waals surface area contributed by atoms with Crippen LogP contribution in [-0.2, 0) is 0 Å². The van der Waals surface area contributed by atoms with Crippen molar-refractivity contribution >= 4 is 12.4 Å². The molecule has 0 amide bonds. The third kappa shape index (κ3) is 2.33. The van der Waals surface area contributed by atoms with Gasteiger partial charge in [0.15, 0.2) is 5.82 Å². The maximum absolute atomic E-state index is 4.82. The first-order valence-electron chi connectivity index (χ1n) is 5.47. The highest BCUT2D eigenvalue weighted by Gasteiger charge is 2.32. The Morgan fingerprint density at radius 1 is 1.12 bits per heavy atom. The fraction of sp³-hybridized carbons (Fsp3) is 0.333. The van der Waals surface area contributed by atoms with E-state index in [0.29, 0.717) is 11.8 Å². The molecule has 1 saturated heterocycles. The van der Waals surface area contributed by atoms with E-state index in [4.69, 9.17) is 4.52 Å². The molecule has 1 aliphatic heterocycles. The van der Waals surface area contributed by atoms with Gasteiger partial charge in [0.1, 0.15) is 0 Å². The predicted molar refractivity (Wildman–Crippen MR) is 66.3 cm³/mol. The molecule has 1 fully saturated rings. The van der Waals surface area contributed by atoms with Gasteiger partial charge in [0, 0.05) is 24.9 Å². The SMILES string of the molecule is Cl.c1ccc(C2CNCC2c2ncon2)cc1. The van der Waals surface area contributed by atoms with Gasteiger partial charge in [0.05, 0.1) is 0 Å². The number of hydrogen-bond acceptors (Lipinski definition) is 4. The minimum atomic E-state index is 0. The van der Waals surface area contributed by atoms with Gasteiger partial charge in [-0.25, -0.2) is 0 Å². The fourth-order valence-electron chi connectivity index (χ4n) is 2.34. The first kappa shape index (κ1) is 12.1. The second-order valence-electron chi connectivity index (χ2n) is 4.07. The summed E-state index contributed by atoms with van der Waals surface area (Å²) in [6, 6.07) is 10.5. The molecule has 17 heavy (non-hydrogen) atoms. The van der Waals surface area contributed by atoms with Gasteiger partial charge in [-0.15, -0.1) is 12.4 Å². The van der Waals surface area contributed by atoms with Crippen LogP contribution in [0.1, 0.15) is 23.2 Å². The molecular weight excluding hydrogens is 238 g/mol.